The zero-order chi connectivity index (χ0) is 14.1. The van der Waals surface area contributed by atoms with Crippen LogP contribution in [-0.2, 0) is 0 Å². The lowest BCUT2D eigenvalue weighted by Crippen LogP contribution is -2.34. The molecule has 2 aromatic carbocycles. The van der Waals surface area contributed by atoms with Gasteiger partial charge in [-0.05, 0) is 49.4 Å². The molecule has 0 unspecified atom stereocenters. The lowest BCUT2D eigenvalue weighted by Gasteiger charge is -2.37. The second-order valence-corrected chi connectivity index (χ2v) is 5.85. The molecule has 0 radical (unpaired) electrons. The average molecular weight is 290 g/mol. The van der Waals surface area contributed by atoms with E-state index in [4.69, 9.17) is 11.6 Å². The number of anilines is 1. The van der Waals surface area contributed by atoms with Gasteiger partial charge in [-0.1, -0.05) is 35.9 Å². The Balaban J connectivity index is 1.64. The third kappa shape index (κ3) is 2.53. The molecule has 1 nitrogen and oxygen atoms in total. The molecule has 1 aliphatic carbocycles. The lowest BCUT2D eigenvalue weighted by atomic mass is 9.75. The summed E-state index contributed by atoms with van der Waals surface area (Å²) in [4.78, 5) is 0. The van der Waals surface area contributed by atoms with E-state index in [0.717, 1.165) is 23.6 Å². The summed E-state index contributed by atoms with van der Waals surface area (Å²) in [5.41, 5.74) is 2.81. The Kier molecular flexibility index (Phi) is 3.66. The Morgan fingerprint density at radius 1 is 1.10 bits per heavy atom. The molecule has 20 heavy (non-hydrogen) atoms. The van der Waals surface area contributed by atoms with E-state index in [2.05, 4.69) is 11.4 Å². The molecule has 104 valence electrons. The monoisotopic (exact) mass is 289 g/mol. The largest absolute Gasteiger partial charge is 0.382 e. The topological polar surface area (TPSA) is 12.0 Å². The fourth-order valence-electron chi connectivity index (χ4n) is 2.78. The van der Waals surface area contributed by atoms with Crippen molar-refractivity contribution in [3.05, 3.63) is 64.4 Å². The quantitative estimate of drug-likeness (QED) is 0.824. The standard InChI is InChI=1S/C17H17ClFN/c1-11-16(19)7-4-8-17(11)20-13-9-12(10-13)14-5-2-3-6-15(14)18/h2-8,12-13,20H,9-10H2,1H3. The molecule has 0 amide bonds. The summed E-state index contributed by atoms with van der Waals surface area (Å²) in [6.45, 7) is 1.81. The number of halogens is 2. The molecule has 1 aliphatic rings. The van der Waals surface area contributed by atoms with E-state index in [1.54, 1.807) is 6.07 Å². The minimum atomic E-state index is -0.156. The Bertz CT molecular complexity index is 620. The van der Waals surface area contributed by atoms with E-state index >= 15 is 0 Å². The molecule has 0 spiro atoms. The molecule has 0 aliphatic heterocycles. The van der Waals surface area contributed by atoms with Crippen molar-refractivity contribution >= 4 is 17.3 Å². The maximum atomic E-state index is 13.5. The molecule has 0 saturated heterocycles. The second kappa shape index (κ2) is 5.45. The zero-order valence-corrected chi connectivity index (χ0v) is 12.1. The van der Waals surface area contributed by atoms with E-state index < -0.39 is 0 Å². The van der Waals surface area contributed by atoms with Gasteiger partial charge in [0.05, 0.1) is 0 Å². The first-order valence-corrected chi connectivity index (χ1v) is 7.29. The maximum Gasteiger partial charge on any atom is 0.128 e. The Hall–Kier alpha value is -1.54. The van der Waals surface area contributed by atoms with Crippen LogP contribution in [0.2, 0.25) is 5.02 Å². The molecule has 0 atom stereocenters. The van der Waals surface area contributed by atoms with Gasteiger partial charge in [0, 0.05) is 22.3 Å². The minimum absolute atomic E-state index is 0.156. The van der Waals surface area contributed by atoms with Gasteiger partial charge in [-0.2, -0.15) is 0 Å². The molecule has 2 aromatic rings. The maximum absolute atomic E-state index is 13.5. The van der Waals surface area contributed by atoms with E-state index in [1.165, 1.54) is 11.6 Å². The summed E-state index contributed by atoms with van der Waals surface area (Å²) in [5.74, 6) is 0.354. The highest BCUT2D eigenvalue weighted by Crippen LogP contribution is 2.41. The number of benzene rings is 2. The molecule has 0 aromatic heterocycles. The van der Waals surface area contributed by atoms with Crippen molar-refractivity contribution in [2.45, 2.75) is 31.7 Å². The predicted molar refractivity (Wildman–Crippen MR) is 82.0 cm³/mol. The molecule has 3 rings (SSSR count). The molecular weight excluding hydrogens is 273 g/mol. The van der Waals surface area contributed by atoms with Crippen LogP contribution in [0.5, 0.6) is 0 Å². The van der Waals surface area contributed by atoms with Gasteiger partial charge in [0.1, 0.15) is 5.82 Å². The first kappa shape index (κ1) is 13.4. The van der Waals surface area contributed by atoms with Gasteiger partial charge in [0.2, 0.25) is 0 Å². The Morgan fingerprint density at radius 2 is 1.85 bits per heavy atom. The van der Waals surface area contributed by atoms with Gasteiger partial charge < -0.3 is 5.32 Å². The first-order chi connectivity index (χ1) is 9.65. The van der Waals surface area contributed by atoms with Crippen LogP contribution in [0, 0.1) is 12.7 Å². The van der Waals surface area contributed by atoms with Crippen LogP contribution in [-0.4, -0.2) is 6.04 Å². The summed E-state index contributed by atoms with van der Waals surface area (Å²) in [6, 6.07) is 13.6. The van der Waals surface area contributed by atoms with Gasteiger partial charge >= 0.3 is 0 Å². The normalized spacial score (nSPS) is 21.4. The fraction of sp³-hybridized carbons (Fsp3) is 0.294. The highest BCUT2D eigenvalue weighted by atomic mass is 35.5. The van der Waals surface area contributed by atoms with Crippen LogP contribution >= 0.6 is 11.6 Å². The van der Waals surface area contributed by atoms with Gasteiger partial charge in [-0.15, -0.1) is 0 Å². The van der Waals surface area contributed by atoms with Gasteiger partial charge in [-0.25, -0.2) is 4.39 Å². The third-order valence-electron chi connectivity index (χ3n) is 4.11. The van der Waals surface area contributed by atoms with Gasteiger partial charge in [-0.3, -0.25) is 0 Å². The predicted octanol–water partition coefficient (Wildman–Crippen LogP) is 5.15. The summed E-state index contributed by atoms with van der Waals surface area (Å²) < 4.78 is 13.5. The molecule has 0 bridgehead atoms. The Labute approximate surface area is 123 Å². The van der Waals surface area contributed by atoms with E-state index in [0.29, 0.717) is 17.5 Å². The molecule has 0 heterocycles. The smallest absolute Gasteiger partial charge is 0.128 e. The molecule has 1 fully saturated rings. The lowest BCUT2D eigenvalue weighted by molar-refractivity contribution is 0.374. The summed E-state index contributed by atoms with van der Waals surface area (Å²) >= 11 is 6.22. The van der Waals surface area contributed by atoms with Crippen molar-refractivity contribution in [2.75, 3.05) is 5.32 Å². The summed E-state index contributed by atoms with van der Waals surface area (Å²) in [6.07, 6.45) is 2.08. The SMILES string of the molecule is Cc1c(F)cccc1NC1CC(c2ccccc2Cl)C1. The summed E-state index contributed by atoms with van der Waals surface area (Å²) in [5, 5.41) is 4.27. The minimum Gasteiger partial charge on any atom is -0.382 e. The van der Waals surface area contributed by atoms with Crippen molar-refractivity contribution in [3.8, 4) is 0 Å². The summed E-state index contributed by atoms with van der Waals surface area (Å²) in [7, 11) is 0. The Morgan fingerprint density at radius 3 is 2.60 bits per heavy atom. The molecular formula is C17H17ClFN. The van der Waals surface area contributed by atoms with Crippen LogP contribution in [0.15, 0.2) is 42.5 Å². The van der Waals surface area contributed by atoms with Crippen LogP contribution in [0.4, 0.5) is 10.1 Å². The van der Waals surface area contributed by atoms with E-state index in [9.17, 15) is 4.39 Å². The molecule has 3 heteroatoms. The van der Waals surface area contributed by atoms with Crippen LogP contribution in [0.3, 0.4) is 0 Å². The van der Waals surface area contributed by atoms with Crippen molar-refractivity contribution in [2.24, 2.45) is 0 Å². The fourth-order valence-corrected chi connectivity index (χ4v) is 3.07. The highest BCUT2D eigenvalue weighted by molar-refractivity contribution is 6.31. The van der Waals surface area contributed by atoms with Crippen LogP contribution in [0.1, 0.15) is 29.9 Å². The number of hydrogen-bond donors (Lipinski definition) is 1. The van der Waals surface area contributed by atoms with Crippen molar-refractivity contribution < 1.29 is 4.39 Å². The zero-order valence-electron chi connectivity index (χ0n) is 11.4. The molecule has 1 N–H and O–H groups in total. The number of hydrogen-bond acceptors (Lipinski definition) is 1. The van der Waals surface area contributed by atoms with Crippen LogP contribution in [0.25, 0.3) is 0 Å². The van der Waals surface area contributed by atoms with Crippen molar-refractivity contribution in [1.29, 1.82) is 0 Å². The van der Waals surface area contributed by atoms with Gasteiger partial charge in [0.25, 0.3) is 0 Å². The highest BCUT2D eigenvalue weighted by Gasteiger charge is 2.31. The van der Waals surface area contributed by atoms with Crippen LogP contribution < -0.4 is 5.32 Å². The van der Waals surface area contributed by atoms with Crippen molar-refractivity contribution in [3.63, 3.8) is 0 Å². The molecule has 1 saturated carbocycles. The second-order valence-electron chi connectivity index (χ2n) is 5.44. The third-order valence-corrected chi connectivity index (χ3v) is 4.45. The van der Waals surface area contributed by atoms with Gasteiger partial charge in [0.15, 0.2) is 0 Å². The first-order valence-electron chi connectivity index (χ1n) is 6.91. The number of nitrogens with one attached hydrogen (secondary N) is 1. The van der Waals surface area contributed by atoms with E-state index in [1.807, 2.05) is 31.2 Å². The number of rotatable bonds is 3. The van der Waals surface area contributed by atoms with Crippen molar-refractivity contribution in [1.82, 2.24) is 0 Å². The van der Waals surface area contributed by atoms with E-state index in [-0.39, 0.29) is 5.82 Å². The average Bonchev–Trinajstić information content (AvgIpc) is 2.39.